The van der Waals surface area contributed by atoms with E-state index in [2.05, 4.69) is 4.72 Å². The maximum absolute atomic E-state index is 13.8. The number of rotatable bonds is 8. The molecule has 8 heteroatoms. The van der Waals surface area contributed by atoms with Crippen molar-refractivity contribution in [1.29, 1.82) is 0 Å². The van der Waals surface area contributed by atoms with Crippen molar-refractivity contribution in [3.63, 3.8) is 0 Å². The molecule has 1 fully saturated rings. The van der Waals surface area contributed by atoms with E-state index >= 15 is 0 Å². The molecule has 1 aliphatic heterocycles. The highest BCUT2D eigenvalue weighted by atomic mass is 32.2. The van der Waals surface area contributed by atoms with Crippen LogP contribution in [0, 0.1) is 11.7 Å². The second kappa shape index (κ2) is 10.0. The van der Waals surface area contributed by atoms with Crippen molar-refractivity contribution in [2.24, 2.45) is 5.92 Å². The first-order chi connectivity index (χ1) is 14.4. The van der Waals surface area contributed by atoms with E-state index in [9.17, 15) is 17.6 Å². The van der Waals surface area contributed by atoms with Gasteiger partial charge in [0.2, 0.25) is 10.0 Å². The van der Waals surface area contributed by atoms with Gasteiger partial charge in [0, 0.05) is 19.6 Å². The summed E-state index contributed by atoms with van der Waals surface area (Å²) in [5.74, 6) is -0.0830. The van der Waals surface area contributed by atoms with E-state index in [4.69, 9.17) is 4.74 Å². The van der Waals surface area contributed by atoms with Crippen LogP contribution in [0.1, 0.15) is 36.5 Å². The number of halogens is 1. The van der Waals surface area contributed by atoms with E-state index in [0.717, 1.165) is 6.42 Å². The molecule has 1 aliphatic rings. The molecular weight excluding hydrogens is 407 g/mol. The van der Waals surface area contributed by atoms with Crippen LogP contribution in [0.4, 0.5) is 4.39 Å². The summed E-state index contributed by atoms with van der Waals surface area (Å²) in [6, 6.07) is 12.3. The van der Waals surface area contributed by atoms with Crippen LogP contribution >= 0.6 is 0 Å². The molecule has 0 saturated carbocycles. The lowest BCUT2D eigenvalue weighted by Crippen LogP contribution is -2.41. The van der Waals surface area contributed by atoms with Crippen molar-refractivity contribution < 1.29 is 22.3 Å². The SMILES string of the molecule is CCCOc1ccc(S(=O)(=O)NCC2CCN(C(=O)c3ccccc3F)CC2)cc1. The fourth-order valence-corrected chi connectivity index (χ4v) is 4.51. The third kappa shape index (κ3) is 5.58. The highest BCUT2D eigenvalue weighted by molar-refractivity contribution is 7.89. The number of ether oxygens (including phenoxy) is 1. The molecule has 1 amide bonds. The minimum atomic E-state index is -3.61. The second-order valence-corrected chi connectivity index (χ2v) is 9.15. The van der Waals surface area contributed by atoms with E-state index < -0.39 is 15.8 Å². The summed E-state index contributed by atoms with van der Waals surface area (Å²) < 4.78 is 47.0. The summed E-state index contributed by atoms with van der Waals surface area (Å²) >= 11 is 0. The van der Waals surface area contributed by atoms with Crippen LogP contribution in [0.15, 0.2) is 53.4 Å². The number of sulfonamides is 1. The number of hydrogen-bond acceptors (Lipinski definition) is 4. The molecule has 0 atom stereocenters. The first kappa shape index (κ1) is 22.2. The van der Waals surface area contributed by atoms with Crippen molar-refractivity contribution >= 4 is 15.9 Å². The average molecular weight is 435 g/mol. The topological polar surface area (TPSA) is 75.7 Å². The Kier molecular flexibility index (Phi) is 7.44. The molecule has 2 aromatic carbocycles. The molecule has 3 rings (SSSR count). The zero-order chi connectivity index (χ0) is 21.6. The average Bonchev–Trinajstić information content (AvgIpc) is 2.77. The molecule has 30 heavy (non-hydrogen) atoms. The third-order valence-corrected chi connectivity index (χ3v) is 6.61. The number of nitrogens with zero attached hydrogens (tertiary/aromatic N) is 1. The minimum Gasteiger partial charge on any atom is -0.494 e. The van der Waals surface area contributed by atoms with Crippen molar-refractivity contribution in [2.45, 2.75) is 31.1 Å². The Balaban J connectivity index is 1.50. The van der Waals surface area contributed by atoms with Crippen LogP contribution in [0.2, 0.25) is 0 Å². The molecule has 0 aromatic heterocycles. The predicted molar refractivity (Wildman–Crippen MR) is 112 cm³/mol. The Morgan fingerprint density at radius 2 is 1.80 bits per heavy atom. The van der Waals surface area contributed by atoms with E-state index in [1.54, 1.807) is 29.2 Å². The fraction of sp³-hybridized carbons (Fsp3) is 0.409. The van der Waals surface area contributed by atoms with Gasteiger partial charge in [0.1, 0.15) is 11.6 Å². The van der Waals surface area contributed by atoms with Gasteiger partial charge in [0.25, 0.3) is 5.91 Å². The van der Waals surface area contributed by atoms with Gasteiger partial charge in [-0.1, -0.05) is 19.1 Å². The Hall–Kier alpha value is -2.45. The summed E-state index contributed by atoms with van der Waals surface area (Å²) in [5, 5.41) is 0. The van der Waals surface area contributed by atoms with Gasteiger partial charge in [0.05, 0.1) is 17.1 Å². The van der Waals surface area contributed by atoms with E-state index in [1.165, 1.54) is 24.3 Å². The molecule has 0 radical (unpaired) electrons. The Bertz CT molecular complexity index is 955. The minimum absolute atomic E-state index is 0.0722. The molecule has 0 unspecified atom stereocenters. The number of nitrogens with one attached hydrogen (secondary N) is 1. The number of amides is 1. The molecule has 1 N–H and O–H groups in total. The lowest BCUT2D eigenvalue weighted by atomic mass is 9.96. The van der Waals surface area contributed by atoms with Crippen LogP contribution in [0.5, 0.6) is 5.75 Å². The lowest BCUT2D eigenvalue weighted by Gasteiger charge is -2.32. The summed E-state index contributed by atoms with van der Waals surface area (Å²) in [6.45, 7) is 3.84. The molecular formula is C22H27FN2O4S. The number of carbonyl (C=O) groups is 1. The van der Waals surface area contributed by atoms with E-state index in [0.29, 0.717) is 44.8 Å². The summed E-state index contributed by atoms with van der Waals surface area (Å²) in [5.41, 5.74) is 0.0722. The zero-order valence-corrected chi connectivity index (χ0v) is 17.8. The fourth-order valence-electron chi connectivity index (χ4n) is 3.39. The van der Waals surface area contributed by atoms with Crippen LogP contribution in [0.25, 0.3) is 0 Å². The largest absolute Gasteiger partial charge is 0.494 e. The first-order valence-electron chi connectivity index (χ1n) is 10.2. The summed E-state index contributed by atoms with van der Waals surface area (Å²) in [4.78, 5) is 14.3. The van der Waals surface area contributed by atoms with Crippen molar-refractivity contribution in [1.82, 2.24) is 9.62 Å². The maximum Gasteiger partial charge on any atom is 0.256 e. The summed E-state index contributed by atoms with van der Waals surface area (Å²) in [7, 11) is -3.61. The van der Waals surface area contributed by atoms with Gasteiger partial charge in [-0.05, 0) is 61.6 Å². The molecule has 1 heterocycles. The monoisotopic (exact) mass is 434 g/mol. The van der Waals surface area contributed by atoms with Gasteiger partial charge in [-0.3, -0.25) is 4.79 Å². The van der Waals surface area contributed by atoms with Crippen LogP contribution in [0.3, 0.4) is 0 Å². The predicted octanol–water partition coefficient (Wildman–Crippen LogP) is 3.45. The first-order valence-corrected chi connectivity index (χ1v) is 11.7. The van der Waals surface area contributed by atoms with Gasteiger partial charge in [-0.2, -0.15) is 0 Å². The molecule has 0 spiro atoms. The molecule has 1 saturated heterocycles. The van der Waals surface area contributed by atoms with E-state index in [-0.39, 0.29) is 22.3 Å². The quantitative estimate of drug-likeness (QED) is 0.691. The van der Waals surface area contributed by atoms with Crippen LogP contribution in [-0.4, -0.2) is 45.5 Å². The number of carbonyl (C=O) groups excluding carboxylic acids is 1. The molecule has 0 bridgehead atoms. The van der Waals surface area contributed by atoms with Gasteiger partial charge < -0.3 is 9.64 Å². The molecule has 0 aliphatic carbocycles. The highest BCUT2D eigenvalue weighted by Gasteiger charge is 2.26. The second-order valence-electron chi connectivity index (χ2n) is 7.39. The Morgan fingerprint density at radius 1 is 1.13 bits per heavy atom. The normalized spacial score (nSPS) is 15.2. The van der Waals surface area contributed by atoms with E-state index in [1.807, 2.05) is 6.92 Å². The van der Waals surface area contributed by atoms with Gasteiger partial charge in [-0.15, -0.1) is 0 Å². The van der Waals surface area contributed by atoms with Crippen molar-refractivity contribution in [3.05, 3.63) is 59.9 Å². The Labute approximate surface area is 177 Å². The Morgan fingerprint density at radius 3 is 2.43 bits per heavy atom. The van der Waals surface area contributed by atoms with Crippen molar-refractivity contribution in [2.75, 3.05) is 26.2 Å². The van der Waals surface area contributed by atoms with Gasteiger partial charge >= 0.3 is 0 Å². The number of likely N-dealkylation sites (tertiary alicyclic amines) is 1. The number of piperidine rings is 1. The highest BCUT2D eigenvalue weighted by Crippen LogP contribution is 2.21. The standard InChI is InChI=1S/C22H27FN2O4S/c1-2-15-29-18-7-9-19(10-8-18)30(27,28)24-16-17-11-13-25(14-12-17)22(26)20-5-3-4-6-21(20)23/h3-10,17,24H,2,11-16H2,1H3. The van der Waals surface area contributed by atoms with Crippen LogP contribution in [-0.2, 0) is 10.0 Å². The smallest absolute Gasteiger partial charge is 0.256 e. The van der Waals surface area contributed by atoms with Gasteiger partial charge in [0.15, 0.2) is 0 Å². The lowest BCUT2D eigenvalue weighted by molar-refractivity contribution is 0.0687. The summed E-state index contributed by atoms with van der Waals surface area (Å²) in [6.07, 6.45) is 2.20. The zero-order valence-electron chi connectivity index (χ0n) is 17.0. The molecule has 2 aromatic rings. The molecule has 6 nitrogen and oxygen atoms in total. The van der Waals surface area contributed by atoms with Gasteiger partial charge in [-0.25, -0.2) is 17.5 Å². The third-order valence-electron chi connectivity index (χ3n) is 5.17. The molecule has 162 valence electrons. The number of benzene rings is 2. The van der Waals surface area contributed by atoms with Crippen LogP contribution < -0.4 is 9.46 Å². The number of hydrogen-bond donors (Lipinski definition) is 1. The van der Waals surface area contributed by atoms with Crippen molar-refractivity contribution in [3.8, 4) is 5.75 Å². The maximum atomic E-state index is 13.8.